The lowest BCUT2D eigenvalue weighted by atomic mass is 10.2. The van der Waals surface area contributed by atoms with Gasteiger partial charge in [-0.2, -0.15) is 5.10 Å². The maximum Gasteiger partial charge on any atom is 0.248 e. The van der Waals surface area contributed by atoms with Crippen molar-refractivity contribution in [1.82, 2.24) is 19.7 Å². The zero-order valence-corrected chi connectivity index (χ0v) is 14.5. The molecule has 2 aromatic heterocycles. The molecule has 2 heterocycles. The van der Waals surface area contributed by atoms with Crippen LogP contribution in [0.25, 0.3) is 17.5 Å². The van der Waals surface area contributed by atoms with Gasteiger partial charge in [0.1, 0.15) is 5.15 Å². The van der Waals surface area contributed by atoms with E-state index in [1.165, 1.54) is 6.08 Å². The highest BCUT2D eigenvalue weighted by atomic mass is 35.5. The molecule has 0 radical (unpaired) electrons. The first-order chi connectivity index (χ1) is 12.0. The number of aryl methyl sites for hydroxylation is 2. The van der Waals surface area contributed by atoms with E-state index in [2.05, 4.69) is 20.4 Å². The maximum atomic E-state index is 12.0. The third-order valence-corrected chi connectivity index (χ3v) is 4.00. The van der Waals surface area contributed by atoms with E-state index in [9.17, 15) is 4.79 Å². The molecule has 7 heteroatoms. The molecule has 0 fully saturated rings. The van der Waals surface area contributed by atoms with Gasteiger partial charge in [0.05, 0.1) is 23.8 Å². The molecule has 0 saturated heterocycles. The lowest BCUT2D eigenvalue weighted by Gasteiger charge is -2.03. The van der Waals surface area contributed by atoms with Crippen molar-refractivity contribution in [3.05, 3.63) is 65.2 Å². The molecule has 25 heavy (non-hydrogen) atoms. The van der Waals surface area contributed by atoms with E-state index < -0.39 is 0 Å². The van der Waals surface area contributed by atoms with Crippen LogP contribution in [0.4, 0.5) is 5.69 Å². The summed E-state index contributed by atoms with van der Waals surface area (Å²) < 4.78 is 1.56. The van der Waals surface area contributed by atoms with Gasteiger partial charge in [-0.1, -0.05) is 41.9 Å². The highest BCUT2D eigenvalue weighted by Gasteiger charge is 2.08. The van der Waals surface area contributed by atoms with Gasteiger partial charge in [0, 0.05) is 24.3 Å². The molecule has 0 aliphatic carbocycles. The number of aromatic nitrogens is 4. The van der Waals surface area contributed by atoms with Crippen molar-refractivity contribution in [2.45, 2.75) is 6.92 Å². The van der Waals surface area contributed by atoms with Gasteiger partial charge in [0.2, 0.25) is 5.91 Å². The summed E-state index contributed by atoms with van der Waals surface area (Å²) in [7, 11) is 1.75. The van der Waals surface area contributed by atoms with E-state index in [1.807, 2.05) is 37.3 Å². The first kappa shape index (κ1) is 16.9. The quantitative estimate of drug-likeness (QED) is 0.729. The number of nitrogens with zero attached hydrogens (tertiary/aromatic N) is 4. The van der Waals surface area contributed by atoms with Crippen LogP contribution >= 0.6 is 11.6 Å². The second-order valence-corrected chi connectivity index (χ2v) is 5.76. The van der Waals surface area contributed by atoms with Crippen molar-refractivity contribution in [3.63, 3.8) is 0 Å². The fraction of sp³-hybridized carbons (Fsp3) is 0.111. The minimum absolute atomic E-state index is 0.296. The summed E-state index contributed by atoms with van der Waals surface area (Å²) in [6.07, 6.45) is 6.19. The molecule has 6 nitrogen and oxygen atoms in total. The third kappa shape index (κ3) is 3.92. The number of hydrogen-bond acceptors (Lipinski definition) is 4. The van der Waals surface area contributed by atoms with Crippen molar-refractivity contribution in [3.8, 4) is 11.4 Å². The Labute approximate surface area is 150 Å². The van der Waals surface area contributed by atoms with Crippen LogP contribution in [0.1, 0.15) is 11.3 Å². The fourth-order valence-electron chi connectivity index (χ4n) is 2.31. The second kappa shape index (κ2) is 7.27. The third-order valence-electron chi connectivity index (χ3n) is 3.55. The molecule has 0 atom stereocenters. The van der Waals surface area contributed by atoms with E-state index in [0.717, 1.165) is 16.8 Å². The van der Waals surface area contributed by atoms with Crippen molar-refractivity contribution in [2.24, 2.45) is 7.05 Å². The average molecular weight is 354 g/mol. The molecule has 3 rings (SSSR count). The van der Waals surface area contributed by atoms with Crippen LogP contribution in [0, 0.1) is 6.92 Å². The van der Waals surface area contributed by atoms with E-state index in [1.54, 1.807) is 30.2 Å². The van der Waals surface area contributed by atoms with Gasteiger partial charge in [-0.3, -0.25) is 9.48 Å². The number of rotatable bonds is 4. The molecule has 3 aromatic rings. The molecule has 0 bridgehead atoms. The average Bonchev–Trinajstić information content (AvgIpc) is 2.86. The molecule has 1 aromatic carbocycles. The molecular weight excluding hydrogens is 338 g/mol. The minimum Gasteiger partial charge on any atom is -0.320 e. The largest absolute Gasteiger partial charge is 0.320 e. The van der Waals surface area contributed by atoms with Gasteiger partial charge >= 0.3 is 0 Å². The number of anilines is 1. The first-order valence-corrected chi connectivity index (χ1v) is 7.98. The Kier molecular flexibility index (Phi) is 4.90. The Hall–Kier alpha value is -2.99. The van der Waals surface area contributed by atoms with Gasteiger partial charge in [-0.05, 0) is 13.0 Å². The Morgan fingerprint density at radius 3 is 2.48 bits per heavy atom. The van der Waals surface area contributed by atoms with Gasteiger partial charge in [0.25, 0.3) is 0 Å². The number of carbonyl (C=O) groups excluding carboxylic acids is 1. The molecule has 1 amide bonds. The molecule has 126 valence electrons. The number of amides is 1. The summed E-state index contributed by atoms with van der Waals surface area (Å²) in [5, 5.41) is 7.39. The van der Waals surface area contributed by atoms with Crippen molar-refractivity contribution >= 4 is 29.3 Å². The molecule has 1 N–H and O–H groups in total. The lowest BCUT2D eigenvalue weighted by molar-refractivity contribution is -0.111. The summed E-state index contributed by atoms with van der Waals surface area (Å²) in [6, 6.07) is 9.63. The Balaban J connectivity index is 1.68. The van der Waals surface area contributed by atoms with Gasteiger partial charge in [-0.25, -0.2) is 9.97 Å². The highest BCUT2D eigenvalue weighted by Crippen LogP contribution is 2.20. The summed E-state index contributed by atoms with van der Waals surface area (Å²) in [5.41, 5.74) is 2.91. The predicted octanol–water partition coefficient (Wildman–Crippen LogP) is 3.49. The van der Waals surface area contributed by atoms with Crippen LogP contribution in [0.2, 0.25) is 5.15 Å². The summed E-state index contributed by atoms with van der Waals surface area (Å²) in [6.45, 7) is 1.83. The molecule has 0 spiro atoms. The lowest BCUT2D eigenvalue weighted by Crippen LogP contribution is -2.08. The van der Waals surface area contributed by atoms with Gasteiger partial charge in [0.15, 0.2) is 5.82 Å². The van der Waals surface area contributed by atoms with Crippen LogP contribution in [-0.4, -0.2) is 25.7 Å². The SMILES string of the molecule is Cc1nn(C)c(Cl)c1/C=C/C(=O)Nc1cnc(-c2ccccc2)nc1. The van der Waals surface area contributed by atoms with Crippen LogP contribution < -0.4 is 5.32 Å². The summed E-state index contributed by atoms with van der Waals surface area (Å²) >= 11 is 6.13. The van der Waals surface area contributed by atoms with Gasteiger partial charge in [-0.15, -0.1) is 0 Å². The van der Waals surface area contributed by atoms with Crippen molar-refractivity contribution < 1.29 is 4.79 Å². The molecule has 0 unspecified atom stereocenters. The number of halogens is 1. The minimum atomic E-state index is -0.296. The molecule has 0 aliphatic heterocycles. The van der Waals surface area contributed by atoms with Crippen LogP contribution in [0.3, 0.4) is 0 Å². The molecule has 0 aliphatic rings. The van der Waals surface area contributed by atoms with E-state index in [-0.39, 0.29) is 5.91 Å². The molecular formula is C18H16ClN5O. The Bertz CT molecular complexity index is 917. The first-order valence-electron chi connectivity index (χ1n) is 7.60. The number of nitrogens with one attached hydrogen (secondary N) is 1. The monoisotopic (exact) mass is 353 g/mol. The second-order valence-electron chi connectivity index (χ2n) is 5.40. The van der Waals surface area contributed by atoms with E-state index in [4.69, 9.17) is 11.6 Å². The standard InChI is InChI=1S/C18H16ClN5O/c1-12-15(17(19)24(2)23-12)8-9-16(25)22-14-10-20-18(21-11-14)13-6-4-3-5-7-13/h3-11H,1-2H3,(H,22,25)/b9-8+. The smallest absolute Gasteiger partial charge is 0.248 e. The summed E-state index contributed by atoms with van der Waals surface area (Å²) in [5.74, 6) is 0.308. The topological polar surface area (TPSA) is 72.7 Å². The number of carbonyl (C=O) groups is 1. The van der Waals surface area contributed by atoms with Crippen molar-refractivity contribution in [1.29, 1.82) is 0 Å². The highest BCUT2D eigenvalue weighted by molar-refractivity contribution is 6.31. The zero-order chi connectivity index (χ0) is 17.8. The maximum absolute atomic E-state index is 12.0. The Morgan fingerprint density at radius 2 is 1.88 bits per heavy atom. The Morgan fingerprint density at radius 1 is 1.20 bits per heavy atom. The predicted molar refractivity (Wildman–Crippen MR) is 98.1 cm³/mol. The van der Waals surface area contributed by atoms with E-state index in [0.29, 0.717) is 16.7 Å². The summed E-state index contributed by atoms with van der Waals surface area (Å²) in [4.78, 5) is 20.6. The molecule has 0 saturated carbocycles. The number of hydrogen-bond donors (Lipinski definition) is 1. The van der Waals surface area contributed by atoms with E-state index >= 15 is 0 Å². The van der Waals surface area contributed by atoms with Crippen LogP contribution in [0.5, 0.6) is 0 Å². The van der Waals surface area contributed by atoms with Crippen molar-refractivity contribution in [2.75, 3.05) is 5.32 Å². The fourth-order valence-corrected chi connectivity index (χ4v) is 2.55. The van der Waals surface area contributed by atoms with Crippen LogP contribution in [0.15, 0.2) is 48.8 Å². The van der Waals surface area contributed by atoms with Crippen LogP contribution in [-0.2, 0) is 11.8 Å². The number of benzene rings is 1. The van der Waals surface area contributed by atoms with Gasteiger partial charge < -0.3 is 5.32 Å². The normalized spacial score (nSPS) is 11.0. The zero-order valence-electron chi connectivity index (χ0n) is 13.8.